The molecule has 3 heteroatoms. The fourth-order valence-corrected chi connectivity index (χ4v) is 3.51. The first kappa shape index (κ1) is 10.8. The number of nitrogens with two attached hydrogens (primary N) is 1. The molecule has 1 aliphatic rings. The van der Waals surface area contributed by atoms with E-state index in [0.717, 1.165) is 17.9 Å². The lowest BCUT2D eigenvalue weighted by molar-refractivity contribution is 0.117. The Morgan fingerprint density at radius 1 is 1.47 bits per heavy atom. The quantitative estimate of drug-likeness (QED) is 0.782. The van der Waals surface area contributed by atoms with Gasteiger partial charge >= 0.3 is 0 Å². The standard InChI is InChI=1S/C12H16FNS/c1-12(13,9-6-7-15-8-9)10-4-2-3-5-11(10)14/h2-5,9H,6-8,14H2,1H3. The Kier molecular flexibility index (Phi) is 2.91. The number of hydrogen-bond acceptors (Lipinski definition) is 2. The fourth-order valence-electron chi connectivity index (χ4n) is 2.12. The van der Waals surface area contributed by atoms with E-state index in [-0.39, 0.29) is 5.92 Å². The predicted octanol–water partition coefficient (Wildman–Crippen LogP) is 3.21. The molecule has 0 amide bonds. The Labute approximate surface area is 94.2 Å². The number of para-hydroxylation sites is 1. The van der Waals surface area contributed by atoms with Crippen molar-refractivity contribution in [1.82, 2.24) is 0 Å². The van der Waals surface area contributed by atoms with Crippen LogP contribution in [0.1, 0.15) is 18.9 Å². The molecule has 0 saturated carbocycles. The highest BCUT2D eigenvalue weighted by Gasteiger charge is 2.39. The Balaban J connectivity index is 2.31. The molecule has 2 atom stereocenters. The minimum atomic E-state index is -1.28. The van der Waals surface area contributed by atoms with Gasteiger partial charge in [0.1, 0.15) is 5.67 Å². The van der Waals surface area contributed by atoms with E-state index in [9.17, 15) is 4.39 Å². The third-order valence-electron chi connectivity index (χ3n) is 3.18. The van der Waals surface area contributed by atoms with E-state index in [1.807, 2.05) is 23.9 Å². The second-order valence-corrected chi connectivity index (χ2v) is 5.37. The number of thioether (sulfide) groups is 1. The summed E-state index contributed by atoms with van der Waals surface area (Å²) >= 11 is 1.83. The summed E-state index contributed by atoms with van der Waals surface area (Å²) in [4.78, 5) is 0. The summed E-state index contributed by atoms with van der Waals surface area (Å²) in [5, 5.41) is 0. The summed E-state index contributed by atoms with van der Waals surface area (Å²) in [6.07, 6.45) is 0.950. The number of hydrogen-bond donors (Lipinski definition) is 1. The molecule has 0 bridgehead atoms. The van der Waals surface area contributed by atoms with Crippen LogP contribution in [0.2, 0.25) is 0 Å². The summed E-state index contributed by atoms with van der Waals surface area (Å²) in [6, 6.07) is 7.28. The van der Waals surface area contributed by atoms with Crippen LogP contribution in [0.3, 0.4) is 0 Å². The highest BCUT2D eigenvalue weighted by molar-refractivity contribution is 7.99. The fraction of sp³-hybridized carbons (Fsp3) is 0.500. The molecule has 0 radical (unpaired) electrons. The van der Waals surface area contributed by atoms with Gasteiger partial charge in [0.2, 0.25) is 0 Å². The molecule has 82 valence electrons. The van der Waals surface area contributed by atoms with E-state index < -0.39 is 5.67 Å². The van der Waals surface area contributed by atoms with Crippen molar-refractivity contribution in [2.45, 2.75) is 19.0 Å². The van der Waals surface area contributed by atoms with Crippen molar-refractivity contribution in [3.05, 3.63) is 29.8 Å². The van der Waals surface area contributed by atoms with Crippen LogP contribution in [0.15, 0.2) is 24.3 Å². The molecule has 2 N–H and O–H groups in total. The topological polar surface area (TPSA) is 26.0 Å². The summed E-state index contributed by atoms with van der Waals surface area (Å²) < 4.78 is 14.7. The van der Waals surface area contributed by atoms with Gasteiger partial charge in [-0.1, -0.05) is 18.2 Å². The first-order chi connectivity index (χ1) is 7.12. The molecule has 1 saturated heterocycles. The molecular weight excluding hydrogens is 209 g/mol. The number of halogens is 1. The zero-order chi connectivity index (χ0) is 10.9. The van der Waals surface area contributed by atoms with Gasteiger partial charge in [-0.3, -0.25) is 0 Å². The number of alkyl halides is 1. The number of anilines is 1. The average Bonchev–Trinajstić information content (AvgIpc) is 2.71. The van der Waals surface area contributed by atoms with Crippen molar-refractivity contribution < 1.29 is 4.39 Å². The van der Waals surface area contributed by atoms with Gasteiger partial charge in [0.15, 0.2) is 0 Å². The Hall–Kier alpha value is -0.700. The van der Waals surface area contributed by atoms with Gasteiger partial charge in [0.25, 0.3) is 0 Å². The van der Waals surface area contributed by atoms with Gasteiger partial charge in [0.05, 0.1) is 0 Å². The van der Waals surface area contributed by atoms with Gasteiger partial charge < -0.3 is 5.73 Å². The largest absolute Gasteiger partial charge is 0.398 e. The molecule has 15 heavy (non-hydrogen) atoms. The summed E-state index contributed by atoms with van der Waals surface area (Å²) in [5.74, 6) is 2.07. The van der Waals surface area contributed by atoms with Gasteiger partial charge in [-0.25, -0.2) is 4.39 Å². The van der Waals surface area contributed by atoms with Crippen molar-refractivity contribution >= 4 is 17.4 Å². The molecule has 2 rings (SSSR count). The minimum absolute atomic E-state index is 0.104. The van der Waals surface area contributed by atoms with Gasteiger partial charge in [-0.15, -0.1) is 0 Å². The molecule has 1 nitrogen and oxygen atoms in total. The van der Waals surface area contributed by atoms with E-state index >= 15 is 0 Å². The van der Waals surface area contributed by atoms with Gasteiger partial charge in [-0.05, 0) is 30.9 Å². The molecule has 0 aliphatic carbocycles. The zero-order valence-electron chi connectivity index (χ0n) is 8.87. The maximum Gasteiger partial charge on any atom is 0.138 e. The molecule has 1 aliphatic heterocycles. The third kappa shape index (κ3) is 1.98. The van der Waals surface area contributed by atoms with Gasteiger partial charge in [-0.2, -0.15) is 11.8 Å². The van der Waals surface area contributed by atoms with E-state index in [4.69, 9.17) is 5.73 Å². The third-order valence-corrected chi connectivity index (χ3v) is 4.35. The summed E-state index contributed by atoms with van der Waals surface area (Å²) in [6.45, 7) is 1.66. The molecule has 0 spiro atoms. The monoisotopic (exact) mass is 225 g/mol. The van der Waals surface area contributed by atoms with Crippen molar-refractivity contribution in [3.63, 3.8) is 0 Å². The summed E-state index contributed by atoms with van der Waals surface area (Å²) in [5.41, 5.74) is 5.76. The number of nitrogen functional groups attached to an aromatic ring is 1. The lowest BCUT2D eigenvalue weighted by atomic mass is 9.83. The molecule has 0 aromatic heterocycles. The first-order valence-electron chi connectivity index (χ1n) is 5.24. The van der Waals surface area contributed by atoms with Crippen LogP contribution in [0.25, 0.3) is 0 Å². The van der Waals surface area contributed by atoms with Crippen LogP contribution in [0.4, 0.5) is 10.1 Å². The minimum Gasteiger partial charge on any atom is -0.398 e. The molecule has 2 unspecified atom stereocenters. The van der Waals surface area contributed by atoms with E-state index in [2.05, 4.69) is 0 Å². The molecule has 1 aromatic rings. The van der Waals surface area contributed by atoms with Crippen LogP contribution in [0.5, 0.6) is 0 Å². The normalized spacial score (nSPS) is 25.1. The van der Waals surface area contributed by atoms with Crippen molar-refractivity contribution in [3.8, 4) is 0 Å². The molecule has 1 heterocycles. The zero-order valence-corrected chi connectivity index (χ0v) is 9.69. The van der Waals surface area contributed by atoms with Gasteiger partial charge in [0, 0.05) is 17.2 Å². The number of rotatable bonds is 2. The Morgan fingerprint density at radius 3 is 2.80 bits per heavy atom. The lowest BCUT2D eigenvalue weighted by Gasteiger charge is -2.28. The van der Waals surface area contributed by atoms with Crippen LogP contribution in [0, 0.1) is 5.92 Å². The highest BCUT2D eigenvalue weighted by atomic mass is 32.2. The second kappa shape index (κ2) is 4.05. The SMILES string of the molecule is CC(F)(c1ccccc1N)C1CCSC1. The summed E-state index contributed by atoms with van der Waals surface area (Å²) in [7, 11) is 0. The Bertz CT molecular complexity index is 345. The smallest absolute Gasteiger partial charge is 0.138 e. The highest BCUT2D eigenvalue weighted by Crippen LogP contribution is 2.43. The van der Waals surface area contributed by atoms with Crippen molar-refractivity contribution in [2.75, 3.05) is 17.2 Å². The maximum atomic E-state index is 14.7. The lowest BCUT2D eigenvalue weighted by Crippen LogP contribution is -2.28. The van der Waals surface area contributed by atoms with Crippen LogP contribution in [-0.2, 0) is 5.67 Å². The molecule has 1 aromatic carbocycles. The molecule has 1 fully saturated rings. The maximum absolute atomic E-state index is 14.7. The van der Waals surface area contributed by atoms with Crippen molar-refractivity contribution in [2.24, 2.45) is 5.92 Å². The average molecular weight is 225 g/mol. The first-order valence-corrected chi connectivity index (χ1v) is 6.39. The van der Waals surface area contributed by atoms with Crippen LogP contribution >= 0.6 is 11.8 Å². The van der Waals surface area contributed by atoms with E-state index in [1.165, 1.54) is 0 Å². The van der Waals surface area contributed by atoms with E-state index in [1.54, 1.807) is 19.1 Å². The van der Waals surface area contributed by atoms with Crippen LogP contribution in [-0.4, -0.2) is 11.5 Å². The van der Waals surface area contributed by atoms with Crippen molar-refractivity contribution in [1.29, 1.82) is 0 Å². The number of benzene rings is 1. The molecular formula is C12H16FNS. The predicted molar refractivity (Wildman–Crippen MR) is 64.7 cm³/mol. The second-order valence-electron chi connectivity index (χ2n) is 4.22. The van der Waals surface area contributed by atoms with Crippen LogP contribution < -0.4 is 5.73 Å². The van der Waals surface area contributed by atoms with E-state index in [0.29, 0.717) is 11.3 Å². The Morgan fingerprint density at radius 2 is 2.20 bits per heavy atom.